The Balaban J connectivity index is 2.43. The lowest BCUT2D eigenvalue weighted by Crippen LogP contribution is -2.16. The molecule has 0 unspecified atom stereocenters. The molecule has 3 N–H and O–H groups in total. The number of aryl methyl sites for hydroxylation is 1. The third-order valence-corrected chi connectivity index (χ3v) is 4.59. The van der Waals surface area contributed by atoms with Crippen LogP contribution >= 0.6 is 11.6 Å². The molecule has 0 aliphatic rings. The first-order chi connectivity index (χ1) is 10.2. The predicted octanol–water partition coefficient (Wildman–Crippen LogP) is 2.69. The van der Waals surface area contributed by atoms with E-state index < -0.39 is 26.6 Å². The lowest BCUT2D eigenvalue weighted by Gasteiger charge is -2.11. The maximum atomic E-state index is 13.7. The van der Waals surface area contributed by atoms with Gasteiger partial charge in [-0.15, -0.1) is 0 Å². The number of hydrogen-bond acceptors (Lipinski definition) is 3. The molecule has 0 spiro atoms. The number of sulfonamides is 1. The van der Waals surface area contributed by atoms with E-state index in [4.69, 9.17) is 17.3 Å². The van der Waals surface area contributed by atoms with Crippen molar-refractivity contribution in [2.45, 2.75) is 11.8 Å². The number of carbonyl (C=O) groups excluding carboxylic acids is 1. The van der Waals surface area contributed by atoms with Gasteiger partial charge in [0, 0.05) is 5.69 Å². The molecule has 0 saturated carbocycles. The number of halogens is 2. The Morgan fingerprint density at radius 3 is 2.55 bits per heavy atom. The summed E-state index contributed by atoms with van der Waals surface area (Å²) in [5.74, 6) is -1.67. The molecular formula is C14H12ClFN2O3S. The van der Waals surface area contributed by atoms with Crippen molar-refractivity contribution in [1.29, 1.82) is 0 Å². The van der Waals surface area contributed by atoms with Crippen molar-refractivity contribution >= 4 is 33.2 Å². The van der Waals surface area contributed by atoms with Crippen molar-refractivity contribution < 1.29 is 17.6 Å². The van der Waals surface area contributed by atoms with Gasteiger partial charge >= 0.3 is 0 Å². The highest BCUT2D eigenvalue weighted by molar-refractivity contribution is 7.92. The smallest absolute Gasteiger partial charge is 0.264 e. The standard InChI is InChI=1S/C14H12ClFN2O3S/c1-8-2-5-12(16)13(6-8)22(20,21)18-9-3-4-11(15)10(7-9)14(17)19/h2-7,18H,1H3,(H2,17,19). The Morgan fingerprint density at radius 1 is 1.23 bits per heavy atom. The molecule has 22 heavy (non-hydrogen) atoms. The first-order valence-electron chi connectivity index (χ1n) is 6.09. The highest BCUT2D eigenvalue weighted by Crippen LogP contribution is 2.24. The highest BCUT2D eigenvalue weighted by atomic mass is 35.5. The van der Waals surface area contributed by atoms with Crippen LogP contribution in [-0.4, -0.2) is 14.3 Å². The maximum Gasteiger partial charge on any atom is 0.264 e. The fourth-order valence-electron chi connectivity index (χ4n) is 1.80. The number of nitrogens with two attached hydrogens (primary N) is 1. The van der Waals surface area contributed by atoms with Gasteiger partial charge in [-0.3, -0.25) is 9.52 Å². The zero-order valence-electron chi connectivity index (χ0n) is 11.4. The second-order valence-electron chi connectivity index (χ2n) is 4.60. The van der Waals surface area contributed by atoms with Gasteiger partial charge in [-0.25, -0.2) is 12.8 Å². The summed E-state index contributed by atoms with van der Waals surface area (Å²) >= 11 is 5.79. The van der Waals surface area contributed by atoms with Crippen molar-refractivity contribution in [2.75, 3.05) is 4.72 Å². The van der Waals surface area contributed by atoms with Gasteiger partial charge in [0.05, 0.1) is 10.6 Å². The molecule has 1 amide bonds. The molecule has 0 heterocycles. The summed E-state index contributed by atoms with van der Waals surface area (Å²) in [5.41, 5.74) is 5.75. The van der Waals surface area contributed by atoms with Gasteiger partial charge in [-0.1, -0.05) is 17.7 Å². The van der Waals surface area contributed by atoms with Gasteiger partial charge in [-0.2, -0.15) is 0 Å². The molecule has 0 aliphatic heterocycles. The zero-order chi connectivity index (χ0) is 16.5. The molecule has 5 nitrogen and oxygen atoms in total. The number of primary amides is 1. The van der Waals surface area contributed by atoms with E-state index in [9.17, 15) is 17.6 Å². The van der Waals surface area contributed by atoms with Crippen LogP contribution in [0.1, 0.15) is 15.9 Å². The summed E-state index contributed by atoms with van der Waals surface area (Å²) in [6.45, 7) is 1.64. The van der Waals surface area contributed by atoms with Crippen LogP contribution in [0.3, 0.4) is 0 Å². The van der Waals surface area contributed by atoms with E-state index in [1.54, 1.807) is 6.92 Å². The molecule has 8 heteroatoms. The molecule has 116 valence electrons. The van der Waals surface area contributed by atoms with Crippen LogP contribution < -0.4 is 10.5 Å². The normalized spacial score (nSPS) is 11.2. The summed E-state index contributed by atoms with van der Waals surface area (Å²) in [7, 11) is -4.14. The van der Waals surface area contributed by atoms with Crippen molar-refractivity contribution in [3.63, 3.8) is 0 Å². The number of anilines is 1. The molecule has 0 saturated heterocycles. The minimum Gasteiger partial charge on any atom is -0.366 e. The van der Waals surface area contributed by atoms with Crippen LogP contribution in [0.15, 0.2) is 41.3 Å². The van der Waals surface area contributed by atoms with E-state index >= 15 is 0 Å². The summed E-state index contributed by atoms with van der Waals surface area (Å²) in [5, 5.41) is 0.0946. The largest absolute Gasteiger partial charge is 0.366 e. The van der Waals surface area contributed by atoms with Gasteiger partial charge in [-0.05, 0) is 42.8 Å². The van der Waals surface area contributed by atoms with Crippen LogP contribution in [0, 0.1) is 12.7 Å². The minimum absolute atomic E-state index is 0.0356. The second kappa shape index (κ2) is 5.94. The maximum absolute atomic E-state index is 13.7. The molecule has 0 aliphatic carbocycles. The number of nitrogens with one attached hydrogen (secondary N) is 1. The molecule has 2 aromatic rings. The molecule has 0 radical (unpaired) electrons. The molecule has 0 bridgehead atoms. The Bertz CT molecular complexity index is 853. The van der Waals surface area contributed by atoms with Crippen LogP contribution in [0.25, 0.3) is 0 Å². The average molecular weight is 343 g/mol. The number of amides is 1. The number of hydrogen-bond donors (Lipinski definition) is 2. The highest BCUT2D eigenvalue weighted by Gasteiger charge is 2.20. The first kappa shape index (κ1) is 16.3. The minimum atomic E-state index is -4.14. The summed E-state index contributed by atoms with van der Waals surface area (Å²) in [6, 6.07) is 7.60. The number of carbonyl (C=O) groups is 1. The van der Waals surface area contributed by atoms with Gasteiger partial charge in [0.15, 0.2) is 0 Å². The monoisotopic (exact) mass is 342 g/mol. The average Bonchev–Trinajstić information content (AvgIpc) is 2.43. The third-order valence-electron chi connectivity index (χ3n) is 2.86. The molecule has 0 aromatic heterocycles. The first-order valence-corrected chi connectivity index (χ1v) is 7.95. The second-order valence-corrected chi connectivity index (χ2v) is 6.66. The lowest BCUT2D eigenvalue weighted by atomic mass is 10.2. The molecule has 2 rings (SSSR count). The lowest BCUT2D eigenvalue weighted by molar-refractivity contribution is 0.100. The fourth-order valence-corrected chi connectivity index (χ4v) is 3.23. The van der Waals surface area contributed by atoms with Gasteiger partial charge in [0.25, 0.3) is 10.0 Å². The predicted molar refractivity (Wildman–Crippen MR) is 81.9 cm³/mol. The van der Waals surface area contributed by atoms with Gasteiger partial charge in [0.2, 0.25) is 5.91 Å². The zero-order valence-corrected chi connectivity index (χ0v) is 13.0. The summed E-state index contributed by atoms with van der Waals surface area (Å²) < 4.78 is 40.4. The quantitative estimate of drug-likeness (QED) is 0.895. The molecule has 2 aromatic carbocycles. The van der Waals surface area contributed by atoms with Crippen LogP contribution in [-0.2, 0) is 10.0 Å². The van der Waals surface area contributed by atoms with Crippen molar-refractivity contribution in [3.05, 3.63) is 58.4 Å². The summed E-state index contributed by atoms with van der Waals surface area (Å²) in [6.07, 6.45) is 0. The Hall–Kier alpha value is -2.12. The van der Waals surface area contributed by atoms with Gasteiger partial charge < -0.3 is 5.73 Å². The van der Waals surface area contributed by atoms with Crippen molar-refractivity contribution in [1.82, 2.24) is 0 Å². The van der Waals surface area contributed by atoms with E-state index in [2.05, 4.69) is 4.72 Å². The molecular weight excluding hydrogens is 331 g/mol. The SMILES string of the molecule is Cc1ccc(F)c(S(=O)(=O)Nc2ccc(Cl)c(C(N)=O)c2)c1. The third kappa shape index (κ3) is 3.37. The Labute approximate surface area is 131 Å². The number of benzene rings is 2. The van der Waals surface area contributed by atoms with E-state index in [1.165, 1.54) is 30.3 Å². The Kier molecular flexibility index (Phi) is 4.39. The summed E-state index contributed by atoms with van der Waals surface area (Å²) in [4.78, 5) is 10.7. The molecule has 0 fully saturated rings. The Morgan fingerprint density at radius 2 is 1.91 bits per heavy atom. The van der Waals surface area contributed by atoms with Crippen LogP contribution in [0.5, 0.6) is 0 Å². The van der Waals surface area contributed by atoms with Gasteiger partial charge in [0.1, 0.15) is 10.7 Å². The number of rotatable bonds is 4. The van der Waals surface area contributed by atoms with E-state index in [0.717, 1.165) is 6.07 Å². The van der Waals surface area contributed by atoms with E-state index in [0.29, 0.717) is 5.56 Å². The van der Waals surface area contributed by atoms with Crippen LogP contribution in [0.2, 0.25) is 5.02 Å². The fraction of sp³-hybridized carbons (Fsp3) is 0.0714. The van der Waals surface area contributed by atoms with E-state index in [-0.39, 0.29) is 16.3 Å². The van der Waals surface area contributed by atoms with Crippen molar-refractivity contribution in [3.8, 4) is 0 Å². The van der Waals surface area contributed by atoms with E-state index in [1.807, 2.05) is 0 Å². The van der Waals surface area contributed by atoms with Crippen LogP contribution in [0.4, 0.5) is 10.1 Å². The molecule has 0 atom stereocenters. The topological polar surface area (TPSA) is 89.3 Å². The van der Waals surface area contributed by atoms with Crippen molar-refractivity contribution in [2.24, 2.45) is 5.73 Å².